The van der Waals surface area contributed by atoms with Gasteiger partial charge in [-0.15, -0.1) is 6.58 Å². The summed E-state index contributed by atoms with van der Waals surface area (Å²) in [5.41, 5.74) is 0.863. The quantitative estimate of drug-likeness (QED) is 0.546. The Hall–Kier alpha value is -2.03. The molecule has 0 spiro atoms. The molecule has 23 heavy (non-hydrogen) atoms. The summed E-state index contributed by atoms with van der Waals surface area (Å²) in [6.07, 6.45) is 12.3. The molecular weight excluding hydrogens is 288 g/mol. The molecule has 1 saturated carbocycles. The molecule has 0 heterocycles. The zero-order valence-electron chi connectivity index (χ0n) is 13.6. The highest BCUT2D eigenvalue weighted by atomic mass is 16.5. The third-order valence-electron chi connectivity index (χ3n) is 4.53. The van der Waals surface area contributed by atoms with E-state index in [-0.39, 0.29) is 0 Å². The van der Waals surface area contributed by atoms with Crippen LogP contribution in [0.15, 0.2) is 43.0 Å². The molecule has 2 rings (SSSR count). The van der Waals surface area contributed by atoms with E-state index in [4.69, 9.17) is 9.84 Å². The second-order valence-electron chi connectivity index (χ2n) is 6.30. The summed E-state index contributed by atoms with van der Waals surface area (Å²) in [6.45, 7) is 4.57. The highest BCUT2D eigenvalue weighted by molar-refractivity contribution is 5.85. The zero-order valence-corrected chi connectivity index (χ0v) is 13.6. The van der Waals surface area contributed by atoms with Crippen molar-refractivity contribution in [1.29, 1.82) is 0 Å². The van der Waals surface area contributed by atoms with Gasteiger partial charge in [0.2, 0.25) is 0 Å². The molecule has 0 aromatic heterocycles. The van der Waals surface area contributed by atoms with Crippen molar-refractivity contribution in [2.24, 2.45) is 11.8 Å². The number of carboxylic acid groups (broad SMARTS) is 1. The number of aliphatic carboxylic acids is 1. The van der Waals surface area contributed by atoms with E-state index in [0.717, 1.165) is 36.3 Å². The van der Waals surface area contributed by atoms with Crippen molar-refractivity contribution >= 4 is 12.0 Å². The highest BCUT2D eigenvalue weighted by Gasteiger charge is 2.21. The average Bonchev–Trinajstić information content (AvgIpc) is 2.58. The monoisotopic (exact) mass is 314 g/mol. The molecule has 3 heteroatoms. The summed E-state index contributed by atoms with van der Waals surface area (Å²) in [6, 6.07) is 7.55. The maximum Gasteiger partial charge on any atom is 0.328 e. The molecule has 1 aliphatic carbocycles. The van der Waals surface area contributed by atoms with Crippen LogP contribution in [0.3, 0.4) is 0 Å². The molecule has 124 valence electrons. The van der Waals surface area contributed by atoms with E-state index in [1.807, 2.05) is 30.3 Å². The second kappa shape index (κ2) is 9.19. The summed E-state index contributed by atoms with van der Waals surface area (Å²) >= 11 is 0. The van der Waals surface area contributed by atoms with E-state index in [9.17, 15) is 4.79 Å². The van der Waals surface area contributed by atoms with Crippen LogP contribution in [0.1, 0.15) is 44.1 Å². The molecule has 1 aliphatic rings. The van der Waals surface area contributed by atoms with Crippen molar-refractivity contribution < 1.29 is 14.6 Å². The van der Waals surface area contributed by atoms with Gasteiger partial charge in [-0.3, -0.25) is 0 Å². The van der Waals surface area contributed by atoms with Gasteiger partial charge in [-0.1, -0.05) is 31.1 Å². The Labute approximate surface area is 138 Å². The minimum absolute atomic E-state index is 0.654. The Kier molecular flexibility index (Phi) is 6.92. The summed E-state index contributed by atoms with van der Waals surface area (Å²) < 4.78 is 5.89. The van der Waals surface area contributed by atoms with E-state index in [1.165, 1.54) is 32.1 Å². The molecular formula is C20H26O3. The van der Waals surface area contributed by atoms with Gasteiger partial charge in [0.15, 0.2) is 0 Å². The first-order valence-corrected chi connectivity index (χ1v) is 8.42. The number of rotatable bonds is 8. The molecule has 1 N–H and O–H groups in total. The summed E-state index contributed by atoms with van der Waals surface area (Å²) in [7, 11) is 0. The Balaban J connectivity index is 1.72. The third kappa shape index (κ3) is 6.31. The molecule has 0 bridgehead atoms. The predicted octanol–water partition coefficient (Wildman–Crippen LogP) is 4.94. The molecule has 0 radical (unpaired) electrons. The molecule has 0 aliphatic heterocycles. The molecule has 1 aromatic carbocycles. The molecule has 0 unspecified atom stereocenters. The van der Waals surface area contributed by atoms with E-state index in [1.54, 1.807) is 6.08 Å². The van der Waals surface area contributed by atoms with Gasteiger partial charge in [0.25, 0.3) is 0 Å². The number of ether oxygens (including phenoxy) is 1. The van der Waals surface area contributed by atoms with Gasteiger partial charge in [0, 0.05) is 6.08 Å². The first kappa shape index (κ1) is 17.3. The lowest BCUT2D eigenvalue weighted by atomic mass is 9.80. The maximum atomic E-state index is 10.5. The largest absolute Gasteiger partial charge is 0.493 e. The Morgan fingerprint density at radius 1 is 1.17 bits per heavy atom. The predicted molar refractivity (Wildman–Crippen MR) is 93.5 cm³/mol. The van der Waals surface area contributed by atoms with Gasteiger partial charge >= 0.3 is 5.97 Å². The topological polar surface area (TPSA) is 46.5 Å². The SMILES string of the molecule is C=CCCC1CCC(COc2ccc(/C=C/C(=O)O)cc2)CC1. The lowest BCUT2D eigenvalue weighted by Crippen LogP contribution is -2.20. The van der Waals surface area contributed by atoms with E-state index < -0.39 is 5.97 Å². The third-order valence-corrected chi connectivity index (χ3v) is 4.53. The van der Waals surface area contributed by atoms with Crippen molar-refractivity contribution in [2.75, 3.05) is 6.61 Å². The van der Waals surface area contributed by atoms with Crippen LogP contribution in [0.4, 0.5) is 0 Å². The Bertz CT molecular complexity index is 522. The van der Waals surface area contributed by atoms with Crippen LogP contribution in [0.5, 0.6) is 5.75 Å². The van der Waals surface area contributed by atoms with Gasteiger partial charge in [-0.25, -0.2) is 4.79 Å². The molecule has 1 aromatic rings. The van der Waals surface area contributed by atoms with E-state index >= 15 is 0 Å². The van der Waals surface area contributed by atoms with Gasteiger partial charge in [-0.05, 0) is 61.3 Å². The average molecular weight is 314 g/mol. The lowest BCUT2D eigenvalue weighted by Gasteiger charge is -2.28. The number of carboxylic acids is 1. The number of benzene rings is 1. The van der Waals surface area contributed by atoms with E-state index in [2.05, 4.69) is 6.58 Å². The van der Waals surface area contributed by atoms with Crippen LogP contribution in [0, 0.1) is 11.8 Å². The number of hydrogen-bond acceptors (Lipinski definition) is 2. The number of carbonyl (C=O) groups is 1. The molecule has 0 atom stereocenters. The number of allylic oxidation sites excluding steroid dienone is 1. The highest BCUT2D eigenvalue weighted by Crippen LogP contribution is 2.32. The first-order chi connectivity index (χ1) is 11.2. The van der Waals surface area contributed by atoms with Gasteiger partial charge in [-0.2, -0.15) is 0 Å². The van der Waals surface area contributed by atoms with Crippen LogP contribution in [0.25, 0.3) is 6.08 Å². The lowest BCUT2D eigenvalue weighted by molar-refractivity contribution is -0.131. The first-order valence-electron chi connectivity index (χ1n) is 8.42. The van der Waals surface area contributed by atoms with Gasteiger partial charge in [0.1, 0.15) is 5.75 Å². The molecule has 1 fully saturated rings. The van der Waals surface area contributed by atoms with Crippen molar-refractivity contribution in [3.8, 4) is 5.75 Å². The minimum Gasteiger partial charge on any atom is -0.493 e. The van der Waals surface area contributed by atoms with Crippen molar-refractivity contribution in [3.63, 3.8) is 0 Å². The van der Waals surface area contributed by atoms with Crippen molar-refractivity contribution in [1.82, 2.24) is 0 Å². The van der Waals surface area contributed by atoms with Crippen LogP contribution >= 0.6 is 0 Å². The molecule has 0 saturated heterocycles. The standard InChI is InChI=1S/C20H26O3/c1-2-3-4-16-5-7-18(8-6-16)15-23-19-12-9-17(10-13-19)11-14-20(21)22/h2,9-14,16,18H,1,3-8,15H2,(H,21,22)/b14-11+. The van der Waals surface area contributed by atoms with Crippen LogP contribution < -0.4 is 4.74 Å². The summed E-state index contributed by atoms with van der Waals surface area (Å²) in [5, 5.41) is 8.61. The van der Waals surface area contributed by atoms with Crippen LogP contribution in [-0.2, 0) is 4.79 Å². The summed E-state index contributed by atoms with van der Waals surface area (Å²) in [4.78, 5) is 10.5. The Morgan fingerprint density at radius 2 is 1.83 bits per heavy atom. The van der Waals surface area contributed by atoms with E-state index in [0.29, 0.717) is 5.92 Å². The summed E-state index contributed by atoms with van der Waals surface area (Å²) in [5.74, 6) is 1.44. The molecule has 3 nitrogen and oxygen atoms in total. The van der Waals surface area contributed by atoms with Gasteiger partial charge in [0.05, 0.1) is 6.61 Å². The maximum absolute atomic E-state index is 10.5. The fourth-order valence-corrected chi connectivity index (χ4v) is 3.10. The second-order valence-corrected chi connectivity index (χ2v) is 6.30. The minimum atomic E-state index is -0.936. The Morgan fingerprint density at radius 3 is 2.43 bits per heavy atom. The fourth-order valence-electron chi connectivity index (χ4n) is 3.10. The van der Waals surface area contributed by atoms with Crippen LogP contribution in [0.2, 0.25) is 0 Å². The van der Waals surface area contributed by atoms with Crippen molar-refractivity contribution in [2.45, 2.75) is 38.5 Å². The number of hydrogen-bond donors (Lipinski definition) is 1. The fraction of sp³-hybridized carbons (Fsp3) is 0.450. The zero-order chi connectivity index (χ0) is 16.5. The van der Waals surface area contributed by atoms with Crippen LogP contribution in [-0.4, -0.2) is 17.7 Å². The van der Waals surface area contributed by atoms with Crippen molar-refractivity contribution in [3.05, 3.63) is 48.6 Å². The normalized spacial score (nSPS) is 21.2. The molecule has 0 amide bonds. The smallest absolute Gasteiger partial charge is 0.328 e. The van der Waals surface area contributed by atoms with Gasteiger partial charge < -0.3 is 9.84 Å².